The Morgan fingerprint density at radius 2 is 1.71 bits per heavy atom. The fourth-order valence-corrected chi connectivity index (χ4v) is 4.17. The maximum absolute atomic E-state index is 11.5. The largest absolute Gasteiger partial charge is 0.382 e. The van der Waals surface area contributed by atoms with Crippen LogP contribution in [0.2, 0.25) is 0 Å². The summed E-state index contributed by atoms with van der Waals surface area (Å²) in [6.07, 6.45) is 9.19. The summed E-state index contributed by atoms with van der Waals surface area (Å²) in [5, 5.41) is 3.27. The van der Waals surface area contributed by atoms with Crippen molar-refractivity contribution in [3.8, 4) is 12.3 Å². The Kier molecular flexibility index (Phi) is 10.1. The van der Waals surface area contributed by atoms with E-state index in [4.69, 9.17) is 17.9 Å². The molecule has 0 fully saturated rings. The summed E-state index contributed by atoms with van der Waals surface area (Å²) in [6.45, 7) is 1.08. The van der Waals surface area contributed by atoms with E-state index in [0.717, 1.165) is 11.1 Å². The number of ketones is 2. The molecule has 1 unspecified atom stereocenters. The molecule has 0 aliphatic carbocycles. The highest BCUT2D eigenvalue weighted by molar-refractivity contribution is 6.26. The molecule has 3 rings (SSSR count). The smallest absolute Gasteiger partial charge is 0.224 e. The molecular formula is C27H29N7O4. The van der Waals surface area contributed by atoms with Gasteiger partial charge in [-0.15, -0.1) is 12.3 Å². The van der Waals surface area contributed by atoms with Gasteiger partial charge in [0.1, 0.15) is 0 Å². The van der Waals surface area contributed by atoms with E-state index in [1.807, 2.05) is 24.3 Å². The van der Waals surface area contributed by atoms with Crippen molar-refractivity contribution in [1.82, 2.24) is 25.3 Å². The Balaban J connectivity index is 1.59. The van der Waals surface area contributed by atoms with Crippen LogP contribution in [0.5, 0.6) is 0 Å². The predicted octanol–water partition coefficient (Wildman–Crippen LogP) is 1.35. The molecule has 0 aliphatic rings. The molecular weight excluding hydrogens is 486 g/mol. The van der Waals surface area contributed by atoms with Crippen molar-refractivity contribution >= 4 is 47.1 Å². The minimum Gasteiger partial charge on any atom is -0.382 e. The number of terminal acetylenes is 1. The van der Waals surface area contributed by atoms with Crippen LogP contribution >= 0.6 is 0 Å². The third kappa shape index (κ3) is 7.97. The van der Waals surface area contributed by atoms with E-state index >= 15 is 0 Å². The number of benzene rings is 1. The van der Waals surface area contributed by atoms with Crippen LogP contribution in [0, 0.1) is 18.3 Å². The van der Waals surface area contributed by atoms with Crippen LogP contribution in [0.4, 0.5) is 11.8 Å². The second-order valence-corrected chi connectivity index (χ2v) is 8.96. The lowest BCUT2D eigenvalue weighted by molar-refractivity contribution is -0.132. The lowest BCUT2D eigenvalue weighted by Gasteiger charge is -2.16. The van der Waals surface area contributed by atoms with Crippen molar-refractivity contribution in [1.29, 1.82) is 0 Å². The molecule has 196 valence electrons. The quantitative estimate of drug-likeness (QED) is 0.115. The first-order valence-corrected chi connectivity index (χ1v) is 12.1. The molecule has 5 N–H and O–H groups in total. The highest BCUT2D eigenvalue weighted by atomic mass is 16.2. The number of aromatic nitrogens is 4. The van der Waals surface area contributed by atoms with Gasteiger partial charge in [-0.25, -0.2) is 9.97 Å². The molecule has 2 heterocycles. The molecule has 38 heavy (non-hydrogen) atoms. The number of anilines is 2. The number of carbonyl (C=O) groups excluding carboxylic acids is 4. The number of nitrogens with one attached hydrogen (secondary N) is 1. The summed E-state index contributed by atoms with van der Waals surface area (Å²) in [4.78, 5) is 61.1. The Morgan fingerprint density at radius 3 is 2.34 bits per heavy atom. The third-order valence-corrected chi connectivity index (χ3v) is 6.07. The first-order chi connectivity index (χ1) is 18.3. The second-order valence-electron chi connectivity index (χ2n) is 8.96. The summed E-state index contributed by atoms with van der Waals surface area (Å²) in [5.41, 5.74) is 15.1. The minimum absolute atomic E-state index is 0.0103. The highest BCUT2D eigenvalue weighted by Crippen LogP contribution is 2.25. The molecule has 11 heteroatoms. The number of rotatable bonds is 15. The number of aldehydes is 2. The van der Waals surface area contributed by atoms with E-state index in [-0.39, 0.29) is 49.0 Å². The summed E-state index contributed by atoms with van der Waals surface area (Å²) < 4.78 is 0. The van der Waals surface area contributed by atoms with Crippen molar-refractivity contribution in [2.75, 3.05) is 18.0 Å². The molecule has 2 aromatic heterocycles. The Morgan fingerprint density at radius 1 is 1.03 bits per heavy atom. The molecule has 0 amide bonds. The van der Waals surface area contributed by atoms with Gasteiger partial charge in [0.25, 0.3) is 0 Å². The second kappa shape index (κ2) is 13.7. The van der Waals surface area contributed by atoms with Crippen molar-refractivity contribution in [3.63, 3.8) is 0 Å². The van der Waals surface area contributed by atoms with Gasteiger partial charge in [0.2, 0.25) is 5.95 Å². The molecule has 0 saturated carbocycles. The molecule has 0 saturated heterocycles. The monoisotopic (exact) mass is 515 g/mol. The van der Waals surface area contributed by atoms with Crippen LogP contribution in [-0.2, 0) is 32.1 Å². The minimum atomic E-state index is -0.581. The number of hydrogen-bond acceptors (Lipinski definition) is 11. The zero-order valence-electron chi connectivity index (χ0n) is 20.8. The van der Waals surface area contributed by atoms with Crippen LogP contribution in [0.1, 0.15) is 48.4 Å². The predicted molar refractivity (Wildman–Crippen MR) is 141 cm³/mol. The number of hydrogen-bond donors (Lipinski definition) is 3. The lowest BCUT2D eigenvalue weighted by Crippen LogP contribution is -2.21. The lowest BCUT2D eigenvalue weighted by atomic mass is 9.91. The molecule has 0 aliphatic heterocycles. The number of nitrogens with zero attached hydrogens (tertiary/aromatic N) is 4. The fraction of sp³-hybridized carbons (Fsp3) is 0.333. The van der Waals surface area contributed by atoms with Gasteiger partial charge in [-0.3, -0.25) is 19.2 Å². The maximum Gasteiger partial charge on any atom is 0.224 e. The summed E-state index contributed by atoms with van der Waals surface area (Å²) >= 11 is 0. The number of Topliss-reactive ketones (excluding diaryl/α,β-unsaturated/α-hetero) is 2. The van der Waals surface area contributed by atoms with Crippen molar-refractivity contribution in [2.45, 2.75) is 44.6 Å². The van der Waals surface area contributed by atoms with Crippen LogP contribution in [0.15, 0.2) is 30.5 Å². The average Bonchev–Trinajstić information content (AvgIpc) is 2.91. The summed E-state index contributed by atoms with van der Waals surface area (Å²) in [7, 11) is 0. The van der Waals surface area contributed by atoms with Crippen LogP contribution < -0.4 is 16.8 Å². The number of fused-ring (bicyclic) bond motifs is 1. The van der Waals surface area contributed by atoms with E-state index in [2.05, 4.69) is 31.2 Å². The normalized spacial score (nSPS) is 11.7. The first-order valence-electron chi connectivity index (χ1n) is 12.1. The van der Waals surface area contributed by atoms with Gasteiger partial charge in [0, 0.05) is 31.7 Å². The Labute approximate surface area is 219 Å². The number of nitrogens with two attached hydrogens (primary N) is 2. The van der Waals surface area contributed by atoms with Crippen molar-refractivity contribution in [2.24, 2.45) is 5.92 Å². The first kappa shape index (κ1) is 28.0. The van der Waals surface area contributed by atoms with Crippen LogP contribution in [-0.4, -0.2) is 50.6 Å². The van der Waals surface area contributed by atoms with Crippen LogP contribution in [0.3, 0.4) is 0 Å². The molecule has 11 nitrogen and oxygen atoms in total. The zero-order chi connectivity index (χ0) is 27.5. The molecule has 0 spiro atoms. The van der Waals surface area contributed by atoms with E-state index < -0.39 is 11.6 Å². The molecule has 1 aromatic carbocycles. The van der Waals surface area contributed by atoms with E-state index in [0.29, 0.717) is 49.2 Å². The SMILES string of the molecule is C#CCC(Cc1cnc2nc(N)nc(N)c2n1)c1ccc(CNCCC(CC(=O)C=O)CC(=O)C=O)cc1. The topological polar surface area (TPSA) is 184 Å². The van der Waals surface area contributed by atoms with E-state index in [1.165, 1.54) is 0 Å². The molecule has 3 aromatic rings. The standard InChI is InChI=1S/C27H29N7O4/c1-2-3-20(12-21-14-31-26-24(32-21)25(28)33-27(29)34-26)19-6-4-17(5-7-19)13-30-9-8-18(10-22(37)15-35)11-23(38)16-36/h1,4-7,14-16,18,20,30H,3,8-13H2,(H4,28,29,31,33,34). The van der Waals surface area contributed by atoms with Gasteiger partial charge < -0.3 is 16.8 Å². The average molecular weight is 516 g/mol. The van der Waals surface area contributed by atoms with Crippen molar-refractivity contribution in [3.05, 3.63) is 47.3 Å². The van der Waals surface area contributed by atoms with Crippen molar-refractivity contribution < 1.29 is 19.2 Å². The molecule has 0 radical (unpaired) electrons. The Hall–Kier alpha value is -4.56. The van der Waals surface area contributed by atoms with Gasteiger partial charge in [-0.05, 0) is 36.4 Å². The van der Waals surface area contributed by atoms with Crippen LogP contribution in [0.25, 0.3) is 11.2 Å². The van der Waals surface area contributed by atoms with Gasteiger partial charge in [0.05, 0.1) is 11.9 Å². The van der Waals surface area contributed by atoms with Gasteiger partial charge in [0.15, 0.2) is 41.1 Å². The summed E-state index contributed by atoms with van der Waals surface area (Å²) in [6, 6.07) is 8.02. The number of nitrogen functional groups attached to an aromatic ring is 2. The fourth-order valence-electron chi connectivity index (χ4n) is 4.17. The highest BCUT2D eigenvalue weighted by Gasteiger charge is 2.17. The molecule has 1 atom stereocenters. The summed E-state index contributed by atoms with van der Waals surface area (Å²) in [5.74, 6) is 1.43. The van der Waals surface area contributed by atoms with E-state index in [9.17, 15) is 19.2 Å². The molecule has 0 bridgehead atoms. The number of carbonyl (C=O) groups is 4. The van der Waals surface area contributed by atoms with Gasteiger partial charge >= 0.3 is 0 Å². The Bertz CT molecular complexity index is 1330. The van der Waals surface area contributed by atoms with E-state index in [1.54, 1.807) is 6.20 Å². The van der Waals surface area contributed by atoms with Gasteiger partial charge in [-0.1, -0.05) is 24.3 Å². The zero-order valence-corrected chi connectivity index (χ0v) is 20.8. The maximum atomic E-state index is 11.5. The third-order valence-electron chi connectivity index (χ3n) is 6.07. The van der Waals surface area contributed by atoms with Gasteiger partial charge in [-0.2, -0.15) is 9.97 Å².